The fourth-order valence-electron chi connectivity index (χ4n) is 2.06. The minimum Gasteiger partial charge on any atom is -0.466 e. The lowest BCUT2D eigenvalue weighted by molar-refractivity contribution is -0.142. The van der Waals surface area contributed by atoms with Crippen LogP contribution in [-0.4, -0.2) is 28.5 Å². The van der Waals surface area contributed by atoms with E-state index in [4.69, 9.17) is 4.74 Å². The molecule has 10 heteroatoms. The quantitative estimate of drug-likeness (QED) is 0.517. The molecule has 3 aromatic rings. The molecule has 0 unspecified atom stereocenters. The highest BCUT2D eigenvalue weighted by Crippen LogP contribution is 2.32. The average Bonchev–Trinajstić information content (AvgIpc) is 3.29. The number of hydrogen-bond acceptors (Lipinski definition) is 8. The van der Waals surface area contributed by atoms with Crippen molar-refractivity contribution in [3.05, 3.63) is 38.1 Å². The third-order valence-corrected chi connectivity index (χ3v) is 6.66. The molecule has 26 heavy (non-hydrogen) atoms. The van der Waals surface area contributed by atoms with Crippen molar-refractivity contribution in [1.29, 1.82) is 0 Å². The number of thiophene rings is 1. The van der Waals surface area contributed by atoms with Crippen LogP contribution in [0.15, 0.2) is 26.7 Å². The van der Waals surface area contributed by atoms with Crippen LogP contribution >= 0.6 is 49.9 Å². The summed E-state index contributed by atoms with van der Waals surface area (Å²) in [7, 11) is 0. The Hall–Kier alpha value is -1.62. The number of carbonyl (C=O) groups excluding carboxylic acids is 2. The molecule has 0 aliphatic rings. The number of esters is 1. The van der Waals surface area contributed by atoms with Crippen molar-refractivity contribution in [3.8, 4) is 9.88 Å². The zero-order valence-electron chi connectivity index (χ0n) is 13.7. The third kappa shape index (κ3) is 5.19. The summed E-state index contributed by atoms with van der Waals surface area (Å²) >= 11 is 7.83. The van der Waals surface area contributed by atoms with E-state index in [2.05, 4.69) is 31.2 Å². The fourth-order valence-corrected chi connectivity index (χ4v) is 5.11. The van der Waals surface area contributed by atoms with Gasteiger partial charge in [0.15, 0.2) is 5.13 Å². The topological polar surface area (TPSA) is 81.2 Å². The van der Waals surface area contributed by atoms with Crippen molar-refractivity contribution >= 4 is 66.9 Å². The molecule has 3 heterocycles. The number of nitrogens with one attached hydrogen (secondary N) is 1. The number of halogens is 1. The van der Waals surface area contributed by atoms with Crippen LogP contribution in [0, 0.1) is 0 Å². The molecular formula is C16H14BrN3O3S3. The van der Waals surface area contributed by atoms with Gasteiger partial charge in [-0.2, -0.15) is 0 Å². The number of thiazole rings is 2. The van der Waals surface area contributed by atoms with Crippen molar-refractivity contribution in [3.63, 3.8) is 0 Å². The van der Waals surface area contributed by atoms with Gasteiger partial charge in [0, 0.05) is 20.6 Å². The van der Waals surface area contributed by atoms with E-state index < -0.39 is 0 Å². The van der Waals surface area contributed by atoms with E-state index in [-0.39, 0.29) is 24.7 Å². The van der Waals surface area contributed by atoms with Crippen LogP contribution in [0.25, 0.3) is 9.88 Å². The molecule has 1 N–H and O–H groups in total. The number of hydrogen-bond donors (Lipinski definition) is 1. The number of nitrogens with zero attached hydrogens (tertiary/aromatic N) is 2. The molecule has 0 atom stereocenters. The zero-order chi connectivity index (χ0) is 18.5. The van der Waals surface area contributed by atoms with E-state index in [0.29, 0.717) is 17.4 Å². The lowest BCUT2D eigenvalue weighted by atomic mass is 10.3. The Labute approximate surface area is 170 Å². The van der Waals surface area contributed by atoms with Crippen LogP contribution in [0.2, 0.25) is 0 Å². The van der Waals surface area contributed by atoms with Gasteiger partial charge in [0.25, 0.3) is 0 Å². The molecule has 0 aliphatic carbocycles. The van der Waals surface area contributed by atoms with Gasteiger partial charge in [-0.1, -0.05) is 0 Å². The van der Waals surface area contributed by atoms with Crippen LogP contribution < -0.4 is 5.32 Å². The van der Waals surface area contributed by atoms with Gasteiger partial charge in [-0.3, -0.25) is 9.59 Å². The summed E-state index contributed by atoms with van der Waals surface area (Å²) in [6.07, 6.45) is 0.280. The van der Waals surface area contributed by atoms with E-state index in [1.54, 1.807) is 23.6 Å². The van der Waals surface area contributed by atoms with Gasteiger partial charge in [-0.15, -0.1) is 34.0 Å². The minimum atomic E-state index is -0.328. The average molecular weight is 472 g/mol. The molecule has 3 aromatic heterocycles. The second-order valence-electron chi connectivity index (χ2n) is 5.12. The van der Waals surface area contributed by atoms with Crippen LogP contribution in [0.4, 0.5) is 5.13 Å². The predicted octanol–water partition coefficient (Wildman–Crippen LogP) is 4.38. The van der Waals surface area contributed by atoms with Gasteiger partial charge in [0.05, 0.1) is 35.7 Å². The van der Waals surface area contributed by atoms with Crippen LogP contribution in [0.1, 0.15) is 18.3 Å². The first-order valence-corrected chi connectivity index (χ1v) is 11.1. The lowest BCUT2D eigenvalue weighted by Crippen LogP contribution is -2.14. The van der Waals surface area contributed by atoms with E-state index in [1.165, 1.54) is 22.7 Å². The van der Waals surface area contributed by atoms with Gasteiger partial charge in [-0.05, 0) is 28.9 Å². The van der Waals surface area contributed by atoms with Crippen molar-refractivity contribution in [2.24, 2.45) is 0 Å². The molecule has 6 nitrogen and oxygen atoms in total. The Morgan fingerprint density at radius 3 is 2.62 bits per heavy atom. The highest BCUT2D eigenvalue weighted by Gasteiger charge is 2.13. The highest BCUT2D eigenvalue weighted by molar-refractivity contribution is 9.10. The van der Waals surface area contributed by atoms with Gasteiger partial charge in [-0.25, -0.2) is 9.97 Å². The molecule has 0 bridgehead atoms. The summed E-state index contributed by atoms with van der Waals surface area (Å²) in [5, 5.41) is 9.73. The number of anilines is 1. The zero-order valence-corrected chi connectivity index (χ0v) is 17.7. The molecule has 0 fully saturated rings. The number of rotatable bonds is 7. The molecule has 0 saturated carbocycles. The van der Waals surface area contributed by atoms with Gasteiger partial charge in [0.1, 0.15) is 5.01 Å². The second kappa shape index (κ2) is 8.85. The van der Waals surface area contributed by atoms with E-state index >= 15 is 0 Å². The van der Waals surface area contributed by atoms with E-state index in [9.17, 15) is 9.59 Å². The summed E-state index contributed by atoms with van der Waals surface area (Å²) in [5.74, 6) is -0.517. The minimum absolute atomic E-state index is 0.103. The molecule has 0 spiro atoms. The maximum atomic E-state index is 12.2. The predicted molar refractivity (Wildman–Crippen MR) is 108 cm³/mol. The summed E-state index contributed by atoms with van der Waals surface area (Å²) in [6, 6.07) is 2.01. The Kier molecular flexibility index (Phi) is 6.52. The molecule has 0 aliphatic heterocycles. The largest absolute Gasteiger partial charge is 0.466 e. The summed E-state index contributed by atoms with van der Waals surface area (Å²) in [5.41, 5.74) is 1.30. The number of ether oxygens (including phenoxy) is 1. The molecular weight excluding hydrogens is 458 g/mol. The molecule has 1 amide bonds. The maximum Gasteiger partial charge on any atom is 0.311 e. The molecule has 3 rings (SSSR count). The number of carbonyl (C=O) groups is 2. The molecule has 0 saturated heterocycles. The summed E-state index contributed by atoms with van der Waals surface area (Å²) in [6.45, 7) is 2.09. The Bertz CT molecular complexity index is 919. The second-order valence-corrected chi connectivity index (χ2v) is 8.67. The van der Waals surface area contributed by atoms with Crippen molar-refractivity contribution < 1.29 is 14.3 Å². The SMILES string of the molecule is CCOC(=O)Cc1csc(NC(=O)Cc2csc(-c3cc(Br)cs3)n2)n1. The monoisotopic (exact) mass is 471 g/mol. The smallest absolute Gasteiger partial charge is 0.311 e. The first kappa shape index (κ1) is 19.2. The van der Waals surface area contributed by atoms with Crippen LogP contribution in [0.5, 0.6) is 0 Å². The third-order valence-electron chi connectivity index (χ3n) is 3.10. The van der Waals surface area contributed by atoms with Crippen LogP contribution in [-0.2, 0) is 27.2 Å². The Morgan fingerprint density at radius 1 is 1.12 bits per heavy atom. The molecule has 0 radical (unpaired) electrons. The normalized spacial score (nSPS) is 10.7. The summed E-state index contributed by atoms with van der Waals surface area (Å²) in [4.78, 5) is 33.5. The molecule has 0 aromatic carbocycles. The highest BCUT2D eigenvalue weighted by atomic mass is 79.9. The Morgan fingerprint density at radius 2 is 1.88 bits per heavy atom. The standard InChI is InChI=1S/C16H14BrN3O3S3/c1-2-23-14(22)5-11-8-26-16(19-11)20-13(21)4-10-7-25-15(18-10)12-3-9(17)6-24-12/h3,6-8H,2,4-5H2,1H3,(H,19,20,21). The van der Waals surface area contributed by atoms with Crippen molar-refractivity contribution in [1.82, 2.24) is 9.97 Å². The van der Waals surface area contributed by atoms with Crippen molar-refractivity contribution in [2.75, 3.05) is 11.9 Å². The van der Waals surface area contributed by atoms with Gasteiger partial charge in [0.2, 0.25) is 5.91 Å². The van der Waals surface area contributed by atoms with Gasteiger partial charge >= 0.3 is 5.97 Å². The van der Waals surface area contributed by atoms with E-state index in [1.807, 2.05) is 16.8 Å². The lowest BCUT2D eigenvalue weighted by Gasteiger charge is -2.00. The molecule has 136 valence electrons. The summed E-state index contributed by atoms with van der Waals surface area (Å²) < 4.78 is 5.91. The number of amides is 1. The Balaban J connectivity index is 1.55. The number of aromatic nitrogens is 2. The fraction of sp³-hybridized carbons (Fsp3) is 0.250. The van der Waals surface area contributed by atoms with E-state index in [0.717, 1.165) is 20.1 Å². The van der Waals surface area contributed by atoms with Crippen molar-refractivity contribution in [2.45, 2.75) is 19.8 Å². The maximum absolute atomic E-state index is 12.2. The van der Waals surface area contributed by atoms with Gasteiger partial charge < -0.3 is 10.1 Å². The first-order valence-electron chi connectivity index (χ1n) is 7.62. The first-order chi connectivity index (χ1) is 12.5. The van der Waals surface area contributed by atoms with Crippen LogP contribution in [0.3, 0.4) is 0 Å².